The first-order chi connectivity index (χ1) is 7.61. The van der Waals surface area contributed by atoms with Gasteiger partial charge in [-0.15, -0.1) is 0 Å². The molecule has 1 aromatic rings. The largest absolute Gasteiger partial charge is 0.383 e. The molecule has 0 atom stereocenters. The summed E-state index contributed by atoms with van der Waals surface area (Å²) in [5.74, 6) is 0.404. The molecule has 0 aliphatic rings. The number of aliphatic imine (C=N–C) groups is 1. The summed E-state index contributed by atoms with van der Waals surface area (Å²) in [5, 5.41) is 7.12. The number of methoxy groups -OCH3 is 1. The molecule has 1 heterocycles. The number of aromatic nitrogens is 2. The van der Waals surface area contributed by atoms with E-state index in [1.54, 1.807) is 18.0 Å². The number of ether oxygens (including phenoxy) is 1. The van der Waals surface area contributed by atoms with Crippen molar-refractivity contribution in [2.24, 2.45) is 10.7 Å². The van der Waals surface area contributed by atoms with Gasteiger partial charge in [0.05, 0.1) is 25.0 Å². The summed E-state index contributed by atoms with van der Waals surface area (Å²) in [4.78, 5) is 4.17. The van der Waals surface area contributed by atoms with Crippen molar-refractivity contribution in [1.29, 1.82) is 0 Å². The first-order valence-electron chi connectivity index (χ1n) is 5.23. The summed E-state index contributed by atoms with van der Waals surface area (Å²) in [7, 11) is 1.66. The number of guanidine groups is 1. The SMILES string of the molecule is COCCn1cc(NC(N)=NC(C)C)cn1. The van der Waals surface area contributed by atoms with Gasteiger partial charge in [-0.3, -0.25) is 9.67 Å². The van der Waals surface area contributed by atoms with E-state index < -0.39 is 0 Å². The van der Waals surface area contributed by atoms with Crippen LogP contribution in [0.2, 0.25) is 0 Å². The molecule has 0 unspecified atom stereocenters. The van der Waals surface area contributed by atoms with Crippen LogP contribution in [0.5, 0.6) is 0 Å². The molecule has 0 aromatic carbocycles. The van der Waals surface area contributed by atoms with Crippen LogP contribution in [0.3, 0.4) is 0 Å². The van der Waals surface area contributed by atoms with Gasteiger partial charge in [-0.1, -0.05) is 0 Å². The third-order valence-corrected chi connectivity index (χ3v) is 1.83. The summed E-state index contributed by atoms with van der Waals surface area (Å²) in [5.41, 5.74) is 6.52. The van der Waals surface area contributed by atoms with Crippen LogP contribution < -0.4 is 11.1 Å². The third kappa shape index (κ3) is 4.31. The van der Waals surface area contributed by atoms with Crippen molar-refractivity contribution in [3.05, 3.63) is 12.4 Å². The smallest absolute Gasteiger partial charge is 0.193 e. The number of nitrogens with zero attached hydrogens (tertiary/aromatic N) is 3. The molecule has 0 spiro atoms. The average molecular weight is 225 g/mol. The van der Waals surface area contributed by atoms with Crippen molar-refractivity contribution in [1.82, 2.24) is 9.78 Å². The molecule has 0 fully saturated rings. The van der Waals surface area contributed by atoms with E-state index in [0.29, 0.717) is 12.6 Å². The molecule has 0 saturated heterocycles. The lowest BCUT2D eigenvalue weighted by Crippen LogP contribution is -2.23. The Morgan fingerprint density at radius 1 is 1.69 bits per heavy atom. The number of hydrogen-bond acceptors (Lipinski definition) is 3. The van der Waals surface area contributed by atoms with E-state index in [-0.39, 0.29) is 6.04 Å². The lowest BCUT2D eigenvalue weighted by molar-refractivity contribution is 0.183. The predicted molar refractivity (Wildman–Crippen MR) is 64.5 cm³/mol. The Hall–Kier alpha value is -1.56. The quantitative estimate of drug-likeness (QED) is 0.570. The van der Waals surface area contributed by atoms with E-state index in [4.69, 9.17) is 10.5 Å². The Balaban J connectivity index is 2.51. The summed E-state index contributed by atoms with van der Waals surface area (Å²) < 4.78 is 6.75. The fourth-order valence-electron chi connectivity index (χ4n) is 1.19. The second-order valence-corrected chi connectivity index (χ2v) is 3.72. The number of hydrogen-bond donors (Lipinski definition) is 2. The zero-order valence-corrected chi connectivity index (χ0v) is 9.97. The second kappa shape index (κ2) is 6.12. The van der Waals surface area contributed by atoms with Crippen LogP contribution in [0.4, 0.5) is 5.69 Å². The Bertz CT molecular complexity index is 345. The molecule has 0 radical (unpaired) electrons. The molecule has 0 aliphatic heterocycles. The average Bonchev–Trinajstić information content (AvgIpc) is 2.61. The van der Waals surface area contributed by atoms with Gasteiger partial charge in [-0.25, -0.2) is 0 Å². The second-order valence-electron chi connectivity index (χ2n) is 3.72. The van der Waals surface area contributed by atoms with Gasteiger partial charge in [0.1, 0.15) is 0 Å². The molecular weight excluding hydrogens is 206 g/mol. The van der Waals surface area contributed by atoms with E-state index in [0.717, 1.165) is 12.2 Å². The zero-order valence-electron chi connectivity index (χ0n) is 9.97. The van der Waals surface area contributed by atoms with E-state index in [2.05, 4.69) is 15.4 Å². The van der Waals surface area contributed by atoms with Gasteiger partial charge in [-0.2, -0.15) is 5.10 Å². The van der Waals surface area contributed by atoms with E-state index >= 15 is 0 Å². The fraction of sp³-hybridized carbons (Fsp3) is 0.600. The van der Waals surface area contributed by atoms with Gasteiger partial charge < -0.3 is 15.8 Å². The van der Waals surface area contributed by atoms with E-state index in [1.165, 1.54) is 0 Å². The van der Waals surface area contributed by atoms with Gasteiger partial charge in [0.25, 0.3) is 0 Å². The first kappa shape index (κ1) is 12.5. The molecule has 0 aliphatic carbocycles. The van der Waals surface area contributed by atoms with E-state index in [9.17, 15) is 0 Å². The minimum Gasteiger partial charge on any atom is -0.383 e. The molecule has 0 amide bonds. The fourth-order valence-corrected chi connectivity index (χ4v) is 1.19. The molecule has 0 saturated carbocycles. The Morgan fingerprint density at radius 2 is 2.44 bits per heavy atom. The number of rotatable bonds is 5. The van der Waals surface area contributed by atoms with Crippen LogP contribution >= 0.6 is 0 Å². The highest BCUT2D eigenvalue weighted by Gasteiger charge is 2.00. The van der Waals surface area contributed by atoms with Gasteiger partial charge in [0.2, 0.25) is 0 Å². The van der Waals surface area contributed by atoms with Crippen molar-refractivity contribution < 1.29 is 4.74 Å². The Kier molecular flexibility index (Phi) is 4.78. The van der Waals surface area contributed by atoms with Crippen LogP contribution in [0, 0.1) is 0 Å². The van der Waals surface area contributed by atoms with Crippen LogP contribution in [0.1, 0.15) is 13.8 Å². The van der Waals surface area contributed by atoms with Crippen molar-refractivity contribution >= 4 is 11.6 Å². The maximum atomic E-state index is 5.69. The molecule has 16 heavy (non-hydrogen) atoms. The molecule has 90 valence electrons. The van der Waals surface area contributed by atoms with Gasteiger partial charge >= 0.3 is 0 Å². The highest BCUT2D eigenvalue weighted by Crippen LogP contribution is 2.04. The summed E-state index contributed by atoms with van der Waals surface area (Å²) >= 11 is 0. The standard InChI is InChI=1S/C10H19N5O/c1-8(2)13-10(11)14-9-6-12-15(7-9)4-5-16-3/h6-8H,4-5H2,1-3H3,(H3,11,13,14). The lowest BCUT2D eigenvalue weighted by Gasteiger charge is -2.03. The third-order valence-electron chi connectivity index (χ3n) is 1.83. The molecule has 6 nitrogen and oxygen atoms in total. The number of anilines is 1. The van der Waals surface area contributed by atoms with Crippen molar-refractivity contribution in [2.45, 2.75) is 26.4 Å². The monoisotopic (exact) mass is 225 g/mol. The number of nitrogens with two attached hydrogens (primary N) is 1. The molecule has 0 bridgehead atoms. The van der Waals surface area contributed by atoms with Gasteiger partial charge in [-0.05, 0) is 13.8 Å². The molecule has 1 aromatic heterocycles. The molecule has 6 heteroatoms. The lowest BCUT2D eigenvalue weighted by atomic mass is 10.4. The minimum atomic E-state index is 0.177. The maximum Gasteiger partial charge on any atom is 0.193 e. The predicted octanol–water partition coefficient (Wildman–Crippen LogP) is 0.664. The summed E-state index contributed by atoms with van der Waals surface area (Å²) in [6.07, 6.45) is 3.57. The van der Waals surface area contributed by atoms with Crippen LogP contribution in [0.25, 0.3) is 0 Å². The minimum absolute atomic E-state index is 0.177. The summed E-state index contributed by atoms with van der Waals surface area (Å²) in [6.45, 7) is 5.29. The van der Waals surface area contributed by atoms with Crippen LogP contribution in [-0.2, 0) is 11.3 Å². The van der Waals surface area contributed by atoms with Crippen molar-refractivity contribution in [2.75, 3.05) is 19.0 Å². The Labute approximate surface area is 95.5 Å². The Morgan fingerprint density at radius 3 is 3.06 bits per heavy atom. The first-order valence-corrected chi connectivity index (χ1v) is 5.23. The topological polar surface area (TPSA) is 77.5 Å². The van der Waals surface area contributed by atoms with Crippen LogP contribution in [0.15, 0.2) is 17.4 Å². The molecule has 1 rings (SSSR count). The molecular formula is C10H19N5O. The zero-order chi connectivity index (χ0) is 12.0. The maximum absolute atomic E-state index is 5.69. The highest BCUT2D eigenvalue weighted by molar-refractivity contribution is 5.92. The van der Waals surface area contributed by atoms with Crippen molar-refractivity contribution in [3.8, 4) is 0 Å². The highest BCUT2D eigenvalue weighted by atomic mass is 16.5. The normalized spacial score (nSPS) is 12.1. The van der Waals surface area contributed by atoms with Gasteiger partial charge in [0, 0.05) is 19.3 Å². The van der Waals surface area contributed by atoms with E-state index in [1.807, 2.05) is 20.0 Å². The summed E-state index contributed by atoms with van der Waals surface area (Å²) in [6, 6.07) is 0.177. The van der Waals surface area contributed by atoms with Crippen molar-refractivity contribution in [3.63, 3.8) is 0 Å². The molecule has 3 N–H and O–H groups in total. The van der Waals surface area contributed by atoms with Crippen LogP contribution in [-0.4, -0.2) is 35.5 Å². The van der Waals surface area contributed by atoms with Gasteiger partial charge in [0.15, 0.2) is 5.96 Å². The number of nitrogens with one attached hydrogen (secondary N) is 1.